The molecule has 0 saturated heterocycles. The third-order valence-corrected chi connectivity index (χ3v) is 3.56. The van der Waals surface area contributed by atoms with E-state index in [1.807, 2.05) is 35.2 Å². The molecule has 1 atom stereocenters. The molecule has 1 aromatic carbocycles. The van der Waals surface area contributed by atoms with Crippen LogP contribution in [0.2, 0.25) is 0 Å². The van der Waals surface area contributed by atoms with Crippen LogP contribution in [0, 0.1) is 5.92 Å². The first-order chi connectivity index (χ1) is 10.1. The average molecular weight is 289 g/mol. The topological polar surface area (TPSA) is 57.1 Å². The number of aliphatic hydroxyl groups is 1. The van der Waals surface area contributed by atoms with Gasteiger partial charge in [0.1, 0.15) is 11.6 Å². The Kier molecular flexibility index (Phi) is 5.22. The molecule has 1 aliphatic heterocycles. The largest absolute Gasteiger partial charge is 0.497 e. The van der Waals surface area contributed by atoms with E-state index in [-0.39, 0.29) is 12.6 Å². The van der Waals surface area contributed by atoms with Gasteiger partial charge in [-0.3, -0.25) is 0 Å². The first kappa shape index (κ1) is 15.4. The van der Waals surface area contributed by atoms with Gasteiger partial charge in [-0.2, -0.15) is 0 Å². The van der Waals surface area contributed by atoms with Crippen molar-refractivity contribution in [2.24, 2.45) is 10.9 Å². The van der Waals surface area contributed by atoms with Gasteiger partial charge < -0.3 is 20.1 Å². The maximum Gasteiger partial charge on any atom is 0.125 e. The van der Waals surface area contributed by atoms with Gasteiger partial charge in [-0.15, -0.1) is 0 Å². The summed E-state index contributed by atoms with van der Waals surface area (Å²) in [5, 5.41) is 12.6. The van der Waals surface area contributed by atoms with E-state index in [4.69, 9.17) is 4.74 Å². The number of methoxy groups -OCH3 is 1. The Bertz CT molecular complexity index is 509. The molecule has 0 spiro atoms. The summed E-state index contributed by atoms with van der Waals surface area (Å²) in [5.41, 5.74) is 1.07. The molecule has 2 N–H and O–H groups in total. The second-order valence-electron chi connectivity index (χ2n) is 5.36. The van der Waals surface area contributed by atoms with Crippen LogP contribution in [0.4, 0.5) is 5.69 Å². The van der Waals surface area contributed by atoms with Crippen LogP contribution in [0.1, 0.15) is 13.8 Å². The lowest BCUT2D eigenvalue weighted by molar-refractivity contribution is 0.219. The standard InChI is InChI=1S/C16H23N3O2/c1-12(2)15(10-20)18-16-8-9-19(11-17-16)13-4-6-14(21-3)7-5-13/h4-8,11-12,15,18,20H,9-10H2,1-3H3/t15-/m0/s1. The number of rotatable bonds is 6. The quantitative estimate of drug-likeness (QED) is 0.841. The van der Waals surface area contributed by atoms with Gasteiger partial charge in [0.2, 0.25) is 0 Å². The molecule has 0 aromatic heterocycles. The molecule has 5 nitrogen and oxygen atoms in total. The minimum Gasteiger partial charge on any atom is -0.497 e. The van der Waals surface area contributed by atoms with Gasteiger partial charge in [0.15, 0.2) is 0 Å². The molecule has 0 radical (unpaired) electrons. The summed E-state index contributed by atoms with van der Waals surface area (Å²) in [7, 11) is 1.66. The minimum atomic E-state index is 0.0286. The molecule has 0 fully saturated rings. The summed E-state index contributed by atoms with van der Waals surface area (Å²) in [6, 6.07) is 7.90. The van der Waals surface area contributed by atoms with E-state index in [9.17, 15) is 5.11 Å². The van der Waals surface area contributed by atoms with Crippen molar-refractivity contribution in [3.05, 3.63) is 36.2 Å². The number of aliphatic imine (C=N–C) groups is 1. The second-order valence-corrected chi connectivity index (χ2v) is 5.36. The van der Waals surface area contributed by atoms with Gasteiger partial charge in [-0.05, 0) is 36.3 Å². The van der Waals surface area contributed by atoms with Gasteiger partial charge in [-0.25, -0.2) is 4.99 Å². The van der Waals surface area contributed by atoms with Crippen LogP contribution < -0.4 is 15.0 Å². The summed E-state index contributed by atoms with van der Waals surface area (Å²) >= 11 is 0. The first-order valence-corrected chi connectivity index (χ1v) is 7.16. The van der Waals surface area contributed by atoms with Crippen LogP contribution >= 0.6 is 0 Å². The average Bonchev–Trinajstić information content (AvgIpc) is 2.53. The van der Waals surface area contributed by atoms with Crippen molar-refractivity contribution in [2.75, 3.05) is 25.2 Å². The number of hydrogen-bond donors (Lipinski definition) is 2. The van der Waals surface area contributed by atoms with Crippen LogP contribution in [0.25, 0.3) is 0 Å². The van der Waals surface area contributed by atoms with E-state index >= 15 is 0 Å². The van der Waals surface area contributed by atoms with Crippen molar-refractivity contribution < 1.29 is 9.84 Å². The third kappa shape index (κ3) is 3.98. The maximum atomic E-state index is 9.34. The van der Waals surface area contributed by atoms with Gasteiger partial charge >= 0.3 is 0 Å². The number of aliphatic hydroxyl groups excluding tert-OH is 1. The van der Waals surface area contributed by atoms with Crippen molar-refractivity contribution >= 4 is 12.0 Å². The van der Waals surface area contributed by atoms with Crippen molar-refractivity contribution in [3.8, 4) is 5.75 Å². The molecule has 1 heterocycles. The van der Waals surface area contributed by atoms with Gasteiger partial charge in [0.25, 0.3) is 0 Å². The molecule has 0 bridgehead atoms. The number of nitrogens with zero attached hydrogens (tertiary/aromatic N) is 2. The molecule has 0 unspecified atom stereocenters. The van der Waals surface area contributed by atoms with Crippen LogP contribution in [0.3, 0.4) is 0 Å². The highest BCUT2D eigenvalue weighted by molar-refractivity contribution is 5.81. The van der Waals surface area contributed by atoms with E-state index in [0.29, 0.717) is 5.92 Å². The van der Waals surface area contributed by atoms with Crippen molar-refractivity contribution in [1.82, 2.24) is 5.32 Å². The molecule has 114 valence electrons. The molecule has 2 rings (SSSR count). The summed E-state index contributed by atoms with van der Waals surface area (Å²) in [6.07, 6.45) is 3.83. The normalized spacial score (nSPS) is 15.9. The highest BCUT2D eigenvalue weighted by Crippen LogP contribution is 2.19. The van der Waals surface area contributed by atoms with Crippen LogP contribution in [0.5, 0.6) is 5.75 Å². The number of hydrogen-bond acceptors (Lipinski definition) is 5. The fourth-order valence-electron chi connectivity index (χ4n) is 2.07. The lowest BCUT2D eigenvalue weighted by Crippen LogP contribution is -2.38. The van der Waals surface area contributed by atoms with Gasteiger partial charge in [0.05, 0.1) is 26.1 Å². The molecule has 0 saturated carbocycles. The van der Waals surface area contributed by atoms with Crippen molar-refractivity contribution in [2.45, 2.75) is 19.9 Å². The summed E-state index contributed by atoms with van der Waals surface area (Å²) in [4.78, 5) is 6.46. The highest BCUT2D eigenvalue weighted by Gasteiger charge is 2.14. The fraction of sp³-hybridized carbons (Fsp3) is 0.438. The van der Waals surface area contributed by atoms with Crippen molar-refractivity contribution in [3.63, 3.8) is 0 Å². The van der Waals surface area contributed by atoms with E-state index in [1.54, 1.807) is 13.4 Å². The SMILES string of the molecule is COc1ccc(N2C=NC(N[C@@H](CO)C(C)C)=CC2)cc1. The van der Waals surface area contributed by atoms with Crippen LogP contribution in [0.15, 0.2) is 41.2 Å². The van der Waals surface area contributed by atoms with E-state index in [2.05, 4.69) is 24.2 Å². The number of benzene rings is 1. The fourth-order valence-corrected chi connectivity index (χ4v) is 2.07. The Hall–Kier alpha value is -2.01. The number of anilines is 1. The Morgan fingerprint density at radius 1 is 1.33 bits per heavy atom. The smallest absolute Gasteiger partial charge is 0.125 e. The maximum absolute atomic E-state index is 9.34. The van der Waals surface area contributed by atoms with E-state index in [0.717, 1.165) is 23.8 Å². The molecule has 5 heteroatoms. The zero-order valence-corrected chi connectivity index (χ0v) is 12.8. The summed E-state index contributed by atoms with van der Waals surface area (Å²) in [6.45, 7) is 5.00. The summed E-state index contributed by atoms with van der Waals surface area (Å²) in [5.74, 6) is 2.01. The van der Waals surface area contributed by atoms with E-state index < -0.39 is 0 Å². The Morgan fingerprint density at radius 2 is 2.05 bits per heavy atom. The lowest BCUT2D eigenvalue weighted by atomic mass is 10.1. The molecule has 1 aromatic rings. The summed E-state index contributed by atoms with van der Waals surface area (Å²) < 4.78 is 5.15. The van der Waals surface area contributed by atoms with Crippen molar-refractivity contribution in [1.29, 1.82) is 0 Å². The third-order valence-electron chi connectivity index (χ3n) is 3.56. The molecular formula is C16H23N3O2. The van der Waals surface area contributed by atoms with Gasteiger partial charge in [-0.1, -0.05) is 13.8 Å². The molecule has 21 heavy (non-hydrogen) atoms. The molecule has 1 aliphatic rings. The van der Waals surface area contributed by atoms with Crippen LogP contribution in [-0.4, -0.2) is 37.7 Å². The Balaban J connectivity index is 1.96. The Labute approximate surface area is 125 Å². The van der Waals surface area contributed by atoms with Crippen LogP contribution in [-0.2, 0) is 0 Å². The van der Waals surface area contributed by atoms with Gasteiger partial charge in [0, 0.05) is 12.2 Å². The minimum absolute atomic E-state index is 0.0286. The second kappa shape index (κ2) is 7.13. The lowest BCUT2D eigenvalue weighted by Gasteiger charge is -2.26. The van der Waals surface area contributed by atoms with E-state index in [1.165, 1.54) is 0 Å². The first-order valence-electron chi connectivity index (χ1n) is 7.16. The monoisotopic (exact) mass is 289 g/mol. The number of nitrogens with one attached hydrogen (secondary N) is 1. The molecule has 0 aliphatic carbocycles. The zero-order chi connectivity index (χ0) is 15.2. The molecular weight excluding hydrogens is 266 g/mol. The Morgan fingerprint density at radius 3 is 2.52 bits per heavy atom. The predicted octanol–water partition coefficient (Wildman–Crippen LogP) is 1.99. The predicted molar refractivity (Wildman–Crippen MR) is 85.8 cm³/mol. The number of ether oxygens (including phenoxy) is 1. The highest BCUT2D eigenvalue weighted by atomic mass is 16.5. The zero-order valence-electron chi connectivity index (χ0n) is 12.8. The molecule has 0 amide bonds.